The molecule has 0 unspecified atom stereocenters. The van der Waals surface area contributed by atoms with Gasteiger partial charge in [-0.15, -0.1) is 0 Å². The molecule has 1 aromatic rings. The topological polar surface area (TPSA) is 17.1 Å². The molecule has 0 aliphatic heterocycles. The number of benzene rings is 1. The Morgan fingerprint density at radius 3 is 2.33 bits per heavy atom. The van der Waals surface area contributed by atoms with Crippen LogP contribution in [0.15, 0.2) is 18.2 Å². The Labute approximate surface area is 108 Å². The highest BCUT2D eigenvalue weighted by Crippen LogP contribution is 2.34. The van der Waals surface area contributed by atoms with Crippen LogP contribution in [0.3, 0.4) is 0 Å². The van der Waals surface area contributed by atoms with Crippen LogP contribution in [0, 0.1) is 5.92 Å². The molecule has 1 saturated carbocycles. The number of hydrogen-bond acceptors (Lipinski definition) is 1. The molecule has 1 aliphatic carbocycles. The molecule has 0 amide bonds. The van der Waals surface area contributed by atoms with Gasteiger partial charge in [-0.25, -0.2) is 0 Å². The number of carbonyl (C=O) groups is 1. The van der Waals surface area contributed by atoms with Crippen molar-refractivity contribution < 1.29 is 18.0 Å². The third-order valence-corrected chi connectivity index (χ3v) is 3.60. The van der Waals surface area contributed by atoms with Gasteiger partial charge in [-0.3, -0.25) is 4.79 Å². The van der Waals surface area contributed by atoms with Gasteiger partial charge >= 0.3 is 6.18 Å². The lowest BCUT2D eigenvalue weighted by atomic mass is 9.95. The Bertz CT molecular complexity index is 462. The van der Waals surface area contributed by atoms with Crippen LogP contribution in [0.4, 0.5) is 13.2 Å². The fraction of sp³-hybridized carbons (Fsp3) is 0.462. The number of carbonyl (C=O) groups excluding carboxylic acids is 1. The average Bonchev–Trinajstić information content (AvgIpc) is 2.80. The highest BCUT2D eigenvalue weighted by Gasteiger charge is 2.32. The number of alkyl halides is 3. The molecular weight excluding hydrogens is 265 g/mol. The monoisotopic (exact) mass is 276 g/mol. The maximum atomic E-state index is 12.5. The van der Waals surface area contributed by atoms with Gasteiger partial charge in [-0.2, -0.15) is 13.2 Å². The predicted molar refractivity (Wildman–Crippen MR) is 62.7 cm³/mol. The van der Waals surface area contributed by atoms with Gasteiger partial charge in [0.2, 0.25) is 0 Å². The van der Waals surface area contributed by atoms with Crippen LogP contribution < -0.4 is 0 Å². The maximum absolute atomic E-state index is 12.5. The first-order chi connectivity index (χ1) is 8.39. The Hall–Kier alpha value is -1.03. The summed E-state index contributed by atoms with van der Waals surface area (Å²) in [6, 6.07) is 2.92. The van der Waals surface area contributed by atoms with E-state index in [9.17, 15) is 18.0 Å². The Balaban J connectivity index is 2.27. The molecule has 0 heterocycles. The molecule has 1 aromatic carbocycles. The fourth-order valence-electron chi connectivity index (χ4n) is 2.30. The molecule has 0 aromatic heterocycles. The van der Waals surface area contributed by atoms with Gasteiger partial charge in [0, 0.05) is 11.5 Å². The smallest absolute Gasteiger partial charge is 0.294 e. The fourth-order valence-corrected chi connectivity index (χ4v) is 2.57. The highest BCUT2D eigenvalue weighted by atomic mass is 35.5. The van der Waals surface area contributed by atoms with E-state index in [0.717, 1.165) is 37.8 Å². The van der Waals surface area contributed by atoms with Crippen molar-refractivity contribution >= 4 is 17.4 Å². The second-order valence-electron chi connectivity index (χ2n) is 4.54. The predicted octanol–water partition coefficient (Wildman–Crippen LogP) is 4.73. The largest absolute Gasteiger partial charge is 0.416 e. The van der Waals surface area contributed by atoms with Crippen molar-refractivity contribution in [1.82, 2.24) is 0 Å². The molecule has 0 saturated heterocycles. The van der Waals surface area contributed by atoms with Crippen molar-refractivity contribution in [3.8, 4) is 0 Å². The van der Waals surface area contributed by atoms with Crippen LogP contribution in [0.25, 0.3) is 0 Å². The molecule has 98 valence electrons. The number of hydrogen-bond donors (Lipinski definition) is 0. The third-order valence-electron chi connectivity index (χ3n) is 3.29. The summed E-state index contributed by atoms with van der Waals surface area (Å²) in [5, 5.41) is -0.110. The molecule has 1 aliphatic rings. The lowest BCUT2D eigenvalue weighted by Gasteiger charge is -2.12. The summed E-state index contributed by atoms with van der Waals surface area (Å²) in [6.07, 6.45) is -0.839. The van der Waals surface area contributed by atoms with Gasteiger partial charge in [0.1, 0.15) is 0 Å². The molecule has 0 atom stereocenters. The van der Waals surface area contributed by atoms with Gasteiger partial charge in [0.15, 0.2) is 5.78 Å². The number of Topliss-reactive ketones (excluding diaryl/α,β-unsaturated/α-hetero) is 1. The standard InChI is InChI=1S/C13H12ClF3O/c14-11-7-9(13(15,16)17)5-6-10(11)12(18)8-3-1-2-4-8/h5-8H,1-4H2. The maximum Gasteiger partial charge on any atom is 0.416 e. The SMILES string of the molecule is O=C(c1ccc(C(F)(F)F)cc1Cl)C1CCCC1. The van der Waals surface area contributed by atoms with E-state index in [1.807, 2.05) is 0 Å². The summed E-state index contributed by atoms with van der Waals surface area (Å²) in [4.78, 5) is 12.1. The minimum atomic E-state index is -4.43. The molecule has 2 rings (SSSR count). The minimum Gasteiger partial charge on any atom is -0.294 e. The van der Waals surface area contributed by atoms with E-state index in [1.165, 1.54) is 6.07 Å². The molecule has 0 spiro atoms. The van der Waals surface area contributed by atoms with Crippen molar-refractivity contribution in [2.45, 2.75) is 31.9 Å². The van der Waals surface area contributed by atoms with E-state index in [4.69, 9.17) is 11.6 Å². The normalized spacial score (nSPS) is 17.1. The van der Waals surface area contributed by atoms with E-state index >= 15 is 0 Å². The van der Waals surface area contributed by atoms with Crippen LogP contribution in [-0.4, -0.2) is 5.78 Å². The van der Waals surface area contributed by atoms with Gasteiger partial charge in [-0.1, -0.05) is 24.4 Å². The second kappa shape index (κ2) is 4.92. The number of halogens is 4. The highest BCUT2D eigenvalue weighted by molar-refractivity contribution is 6.34. The van der Waals surface area contributed by atoms with Gasteiger partial charge in [0.05, 0.1) is 10.6 Å². The summed E-state index contributed by atoms with van der Waals surface area (Å²) < 4.78 is 37.4. The molecule has 0 radical (unpaired) electrons. The van der Waals surface area contributed by atoms with E-state index < -0.39 is 11.7 Å². The molecule has 1 fully saturated rings. The van der Waals surface area contributed by atoms with Gasteiger partial charge < -0.3 is 0 Å². The summed E-state index contributed by atoms with van der Waals surface area (Å²) in [5.74, 6) is -0.217. The molecule has 18 heavy (non-hydrogen) atoms. The summed E-state index contributed by atoms with van der Waals surface area (Å²) in [7, 11) is 0. The zero-order chi connectivity index (χ0) is 13.3. The Morgan fingerprint density at radius 2 is 1.83 bits per heavy atom. The minimum absolute atomic E-state index is 0.0840. The lowest BCUT2D eigenvalue weighted by Crippen LogP contribution is -2.13. The number of ketones is 1. The third kappa shape index (κ3) is 2.69. The first-order valence-corrected chi connectivity index (χ1v) is 6.18. The van der Waals surface area contributed by atoms with Crippen LogP contribution in [-0.2, 0) is 6.18 Å². The van der Waals surface area contributed by atoms with Crippen LogP contribution in [0.2, 0.25) is 5.02 Å². The first-order valence-electron chi connectivity index (χ1n) is 5.80. The van der Waals surface area contributed by atoms with Gasteiger partial charge in [0.25, 0.3) is 0 Å². The van der Waals surface area contributed by atoms with Crippen LogP contribution in [0.1, 0.15) is 41.6 Å². The van der Waals surface area contributed by atoms with Crippen molar-refractivity contribution in [3.05, 3.63) is 34.3 Å². The molecule has 0 N–H and O–H groups in total. The zero-order valence-corrected chi connectivity index (χ0v) is 10.3. The molecule has 1 nitrogen and oxygen atoms in total. The number of rotatable bonds is 2. The van der Waals surface area contributed by atoms with Crippen molar-refractivity contribution in [3.63, 3.8) is 0 Å². The van der Waals surface area contributed by atoms with E-state index in [0.29, 0.717) is 0 Å². The van der Waals surface area contributed by atoms with E-state index in [1.54, 1.807) is 0 Å². The summed E-state index contributed by atoms with van der Waals surface area (Å²) >= 11 is 5.79. The van der Waals surface area contributed by atoms with Gasteiger partial charge in [-0.05, 0) is 31.0 Å². The molecule has 5 heteroatoms. The summed E-state index contributed by atoms with van der Waals surface area (Å²) in [5.41, 5.74) is -0.618. The van der Waals surface area contributed by atoms with E-state index in [-0.39, 0.29) is 22.3 Å². The quantitative estimate of drug-likeness (QED) is 0.714. The second-order valence-corrected chi connectivity index (χ2v) is 4.95. The van der Waals surface area contributed by atoms with Crippen LogP contribution >= 0.6 is 11.6 Å². The van der Waals surface area contributed by atoms with Crippen LogP contribution in [0.5, 0.6) is 0 Å². The molecular formula is C13H12ClF3O. The first kappa shape index (κ1) is 13.4. The summed E-state index contributed by atoms with van der Waals surface area (Å²) in [6.45, 7) is 0. The Morgan fingerprint density at radius 1 is 1.22 bits per heavy atom. The average molecular weight is 277 g/mol. The van der Waals surface area contributed by atoms with Crippen molar-refractivity contribution in [2.75, 3.05) is 0 Å². The lowest BCUT2D eigenvalue weighted by molar-refractivity contribution is -0.137. The zero-order valence-electron chi connectivity index (χ0n) is 9.56. The van der Waals surface area contributed by atoms with Crippen molar-refractivity contribution in [1.29, 1.82) is 0 Å². The molecule has 0 bridgehead atoms. The van der Waals surface area contributed by atoms with E-state index in [2.05, 4.69) is 0 Å². The van der Waals surface area contributed by atoms with Crippen molar-refractivity contribution in [2.24, 2.45) is 5.92 Å². The Kier molecular flexibility index (Phi) is 3.66.